The summed E-state index contributed by atoms with van der Waals surface area (Å²) >= 11 is 0. The molecule has 1 fully saturated rings. The molecular formula is C23H24N2O3. The summed E-state index contributed by atoms with van der Waals surface area (Å²) in [4.78, 5) is 13.5. The van der Waals surface area contributed by atoms with Gasteiger partial charge in [-0.1, -0.05) is 42.5 Å². The highest BCUT2D eigenvalue weighted by Gasteiger charge is 2.23. The molecule has 1 amide bonds. The van der Waals surface area contributed by atoms with E-state index in [2.05, 4.69) is 29.2 Å². The molecule has 0 atom stereocenters. The van der Waals surface area contributed by atoms with Gasteiger partial charge in [0.1, 0.15) is 11.3 Å². The van der Waals surface area contributed by atoms with E-state index in [1.807, 2.05) is 30.3 Å². The van der Waals surface area contributed by atoms with Gasteiger partial charge in [-0.2, -0.15) is 0 Å². The van der Waals surface area contributed by atoms with Crippen molar-refractivity contribution in [3.8, 4) is 0 Å². The molecule has 1 saturated heterocycles. The minimum absolute atomic E-state index is 0.494. The van der Waals surface area contributed by atoms with E-state index in [0.717, 1.165) is 49.4 Å². The maximum absolute atomic E-state index is 11.0. The van der Waals surface area contributed by atoms with Crippen molar-refractivity contribution in [3.05, 3.63) is 77.6 Å². The molecule has 0 saturated carbocycles. The fourth-order valence-electron chi connectivity index (χ4n) is 3.78. The Morgan fingerprint density at radius 1 is 1.14 bits per heavy atom. The zero-order valence-corrected chi connectivity index (χ0v) is 15.7. The maximum Gasteiger partial charge on any atom is 0.267 e. The van der Waals surface area contributed by atoms with Crippen molar-refractivity contribution in [1.29, 1.82) is 0 Å². The average Bonchev–Trinajstić information content (AvgIpc) is 3.18. The molecule has 5 heteroatoms. The van der Waals surface area contributed by atoms with Crippen molar-refractivity contribution in [3.63, 3.8) is 0 Å². The van der Waals surface area contributed by atoms with Crippen LogP contribution >= 0.6 is 0 Å². The molecule has 0 radical (unpaired) electrons. The minimum atomic E-state index is -0.531. The summed E-state index contributed by atoms with van der Waals surface area (Å²) < 4.78 is 6.05. The number of piperidine rings is 1. The smallest absolute Gasteiger partial charge is 0.267 e. The lowest BCUT2D eigenvalue weighted by atomic mass is 9.94. The fraction of sp³-hybridized carbons (Fsp3) is 0.261. The van der Waals surface area contributed by atoms with Gasteiger partial charge in [-0.25, -0.2) is 5.48 Å². The summed E-state index contributed by atoms with van der Waals surface area (Å²) in [5, 5.41) is 9.69. The number of amides is 1. The van der Waals surface area contributed by atoms with Gasteiger partial charge >= 0.3 is 0 Å². The Balaban J connectivity index is 1.31. The summed E-state index contributed by atoms with van der Waals surface area (Å²) in [6.07, 6.45) is 5.19. The van der Waals surface area contributed by atoms with Crippen molar-refractivity contribution in [2.45, 2.75) is 25.3 Å². The van der Waals surface area contributed by atoms with Gasteiger partial charge in [0.05, 0.1) is 0 Å². The van der Waals surface area contributed by atoms with Crippen LogP contribution < -0.4 is 5.48 Å². The number of hydrogen-bond acceptors (Lipinski definition) is 4. The van der Waals surface area contributed by atoms with Gasteiger partial charge in [0, 0.05) is 23.9 Å². The molecule has 2 N–H and O–H groups in total. The highest BCUT2D eigenvalue weighted by Crippen LogP contribution is 2.32. The van der Waals surface area contributed by atoms with E-state index in [0.29, 0.717) is 5.92 Å². The van der Waals surface area contributed by atoms with Crippen molar-refractivity contribution < 1.29 is 14.4 Å². The largest absolute Gasteiger partial charge is 0.461 e. The van der Waals surface area contributed by atoms with Crippen molar-refractivity contribution in [1.82, 2.24) is 10.4 Å². The Hall–Kier alpha value is -2.89. The van der Waals surface area contributed by atoms with Crippen LogP contribution in [0.1, 0.15) is 35.6 Å². The lowest BCUT2D eigenvalue weighted by Crippen LogP contribution is -2.32. The standard InChI is InChI=1S/C23H24N2O3/c26-23(24-27)10-9-17-5-7-18(8-6-17)16-25-13-11-19(12-14-25)22-15-20-3-1-2-4-21(20)28-22/h1-10,15,19,27H,11-14,16H2,(H,24,26). The molecule has 4 rings (SSSR count). The predicted octanol–water partition coefficient (Wildman–Crippen LogP) is 4.33. The molecule has 28 heavy (non-hydrogen) atoms. The number of carbonyl (C=O) groups excluding carboxylic acids is 1. The van der Waals surface area contributed by atoms with Gasteiger partial charge in [0.15, 0.2) is 0 Å². The Morgan fingerprint density at radius 2 is 1.89 bits per heavy atom. The van der Waals surface area contributed by atoms with Gasteiger partial charge in [-0.05, 0) is 55.3 Å². The molecule has 3 aromatic rings. The fourth-order valence-corrected chi connectivity index (χ4v) is 3.78. The van der Waals surface area contributed by atoms with Crippen LogP contribution in [0.25, 0.3) is 17.0 Å². The van der Waals surface area contributed by atoms with Crippen LogP contribution in [0.2, 0.25) is 0 Å². The summed E-state index contributed by atoms with van der Waals surface area (Å²) in [6.45, 7) is 3.04. The first kappa shape index (κ1) is 18.5. The van der Waals surface area contributed by atoms with Crippen molar-refractivity contribution >= 4 is 23.0 Å². The van der Waals surface area contributed by atoms with Crippen LogP contribution in [-0.4, -0.2) is 29.1 Å². The molecule has 0 spiro atoms. The molecule has 1 aliphatic rings. The summed E-state index contributed by atoms with van der Waals surface area (Å²) in [7, 11) is 0. The van der Waals surface area contributed by atoms with Gasteiger partial charge in [0.2, 0.25) is 0 Å². The number of rotatable bonds is 5. The van der Waals surface area contributed by atoms with Gasteiger partial charge < -0.3 is 4.42 Å². The maximum atomic E-state index is 11.0. The van der Waals surface area contributed by atoms with E-state index in [4.69, 9.17) is 9.62 Å². The van der Waals surface area contributed by atoms with Crippen molar-refractivity contribution in [2.75, 3.05) is 13.1 Å². The normalized spacial score (nSPS) is 16.0. The zero-order chi connectivity index (χ0) is 19.3. The molecule has 1 aromatic heterocycles. The molecule has 0 bridgehead atoms. The van der Waals surface area contributed by atoms with E-state index in [1.54, 1.807) is 11.6 Å². The first-order valence-corrected chi connectivity index (χ1v) is 9.63. The SMILES string of the molecule is O=C(C=Cc1ccc(CN2CCC(c3cc4ccccc4o3)CC2)cc1)NO. The monoisotopic (exact) mass is 376 g/mol. The first-order valence-electron chi connectivity index (χ1n) is 9.63. The highest BCUT2D eigenvalue weighted by atomic mass is 16.5. The van der Waals surface area contributed by atoms with E-state index < -0.39 is 5.91 Å². The number of likely N-dealkylation sites (tertiary alicyclic amines) is 1. The van der Waals surface area contributed by atoms with E-state index in [1.165, 1.54) is 17.0 Å². The molecule has 2 heterocycles. The highest BCUT2D eigenvalue weighted by molar-refractivity contribution is 5.90. The predicted molar refractivity (Wildman–Crippen MR) is 109 cm³/mol. The number of nitrogens with one attached hydrogen (secondary N) is 1. The number of para-hydroxylation sites is 1. The molecule has 0 unspecified atom stereocenters. The third-order valence-electron chi connectivity index (χ3n) is 5.36. The number of benzene rings is 2. The Bertz CT molecular complexity index is 934. The summed E-state index contributed by atoms with van der Waals surface area (Å²) in [5.41, 5.74) is 4.74. The quantitative estimate of drug-likeness (QED) is 0.395. The Labute approximate surface area is 164 Å². The lowest BCUT2D eigenvalue weighted by Gasteiger charge is -2.31. The van der Waals surface area contributed by atoms with Crippen LogP contribution in [0.15, 0.2) is 65.1 Å². The molecule has 2 aromatic carbocycles. The van der Waals surface area contributed by atoms with E-state index >= 15 is 0 Å². The van der Waals surface area contributed by atoms with Crippen LogP contribution in [-0.2, 0) is 11.3 Å². The zero-order valence-electron chi connectivity index (χ0n) is 15.7. The van der Waals surface area contributed by atoms with Crippen LogP contribution in [0, 0.1) is 0 Å². The molecule has 5 nitrogen and oxygen atoms in total. The molecular weight excluding hydrogens is 352 g/mol. The lowest BCUT2D eigenvalue weighted by molar-refractivity contribution is -0.124. The summed E-state index contributed by atoms with van der Waals surface area (Å²) in [6, 6.07) is 18.5. The second kappa shape index (κ2) is 8.42. The third kappa shape index (κ3) is 4.32. The van der Waals surface area contributed by atoms with E-state index in [-0.39, 0.29) is 0 Å². The molecule has 144 valence electrons. The van der Waals surface area contributed by atoms with Gasteiger partial charge in [0.25, 0.3) is 5.91 Å². The van der Waals surface area contributed by atoms with Gasteiger partial charge in [-0.15, -0.1) is 0 Å². The van der Waals surface area contributed by atoms with Gasteiger partial charge in [-0.3, -0.25) is 14.9 Å². The number of carbonyl (C=O) groups is 1. The number of hydroxylamine groups is 1. The minimum Gasteiger partial charge on any atom is -0.461 e. The van der Waals surface area contributed by atoms with Crippen LogP contribution in [0.5, 0.6) is 0 Å². The Morgan fingerprint density at radius 3 is 2.61 bits per heavy atom. The molecule has 1 aliphatic heterocycles. The van der Waals surface area contributed by atoms with E-state index in [9.17, 15) is 4.79 Å². The number of hydrogen-bond donors (Lipinski definition) is 2. The topological polar surface area (TPSA) is 65.7 Å². The number of furan rings is 1. The van der Waals surface area contributed by atoms with Crippen LogP contribution in [0.4, 0.5) is 0 Å². The Kier molecular flexibility index (Phi) is 5.55. The number of fused-ring (bicyclic) bond motifs is 1. The first-order chi connectivity index (χ1) is 13.7. The van der Waals surface area contributed by atoms with Crippen LogP contribution in [0.3, 0.4) is 0 Å². The number of nitrogens with zero attached hydrogens (tertiary/aromatic N) is 1. The third-order valence-corrected chi connectivity index (χ3v) is 5.36. The average molecular weight is 376 g/mol. The second-order valence-corrected chi connectivity index (χ2v) is 7.29. The summed E-state index contributed by atoms with van der Waals surface area (Å²) in [5.74, 6) is 1.08. The second-order valence-electron chi connectivity index (χ2n) is 7.29. The van der Waals surface area contributed by atoms with Crippen molar-refractivity contribution in [2.24, 2.45) is 0 Å². The molecule has 0 aliphatic carbocycles.